The van der Waals surface area contributed by atoms with Gasteiger partial charge in [-0.25, -0.2) is 4.79 Å². The first-order chi connectivity index (χ1) is 9.83. The van der Waals surface area contributed by atoms with Crippen molar-refractivity contribution in [2.45, 2.75) is 45.3 Å². The molecule has 116 valence electrons. The maximum atomic E-state index is 12.1. The van der Waals surface area contributed by atoms with Gasteiger partial charge in [0, 0.05) is 11.0 Å². The number of amides is 1. The molecule has 0 spiro atoms. The van der Waals surface area contributed by atoms with Gasteiger partial charge in [0.25, 0.3) is 0 Å². The zero-order chi connectivity index (χ0) is 15.5. The fourth-order valence-corrected chi connectivity index (χ4v) is 2.50. The number of nitrogens with zero attached hydrogens (tertiary/aromatic N) is 1. The third-order valence-electron chi connectivity index (χ3n) is 3.15. The number of likely N-dealkylation sites (tertiary alicyclic amines) is 1. The van der Waals surface area contributed by atoms with Crippen molar-refractivity contribution in [1.82, 2.24) is 4.90 Å². The highest BCUT2D eigenvalue weighted by Gasteiger charge is 2.28. The summed E-state index contributed by atoms with van der Waals surface area (Å²) in [5, 5.41) is 0. The molecular weight excluding hydrogens is 334 g/mol. The SMILES string of the molecule is CC(C)(C)OC(=O)N1CCCC(Oc2ccc(Br)cc2)C1. The Kier molecular flexibility index (Phi) is 5.14. The van der Waals surface area contributed by atoms with Gasteiger partial charge in [-0.1, -0.05) is 15.9 Å². The van der Waals surface area contributed by atoms with E-state index in [1.165, 1.54) is 0 Å². The summed E-state index contributed by atoms with van der Waals surface area (Å²) in [7, 11) is 0. The van der Waals surface area contributed by atoms with E-state index in [1.807, 2.05) is 45.0 Å². The average molecular weight is 356 g/mol. The van der Waals surface area contributed by atoms with Crippen LogP contribution < -0.4 is 4.74 Å². The lowest BCUT2D eigenvalue weighted by Crippen LogP contribution is -2.46. The van der Waals surface area contributed by atoms with Crippen LogP contribution in [0.15, 0.2) is 28.7 Å². The van der Waals surface area contributed by atoms with Gasteiger partial charge in [-0.2, -0.15) is 0 Å². The van der Waals surface area contributed by atoms with Crippen molar-refractivity contribution in [1.29, 1.82) is 0 Å². The predicted octanol–water partition coefficient (Wildman–Crippen LogP) is 4.23. The van der Waals surface area contributed by atoms with Gasteiger partial charge in [0.1, 0.15) is 17.5 Å². The Hall–Kier alpha value is -1.23. The van der Waals surface area contributed by atoms with E-state index in [0.717, 1.165) is 29.6 Å². The molecule has 1 unspecified atom stereocenters. The highest BCUT2D eigenvalue weighted by atomic mass is 79.9. The van der Waals surface area contributed by atoms with Crippen molar-refractivity contribution >= 4 is 22.0 Å². The Morgan fingerprint density at radius 3 is 2.57 bits per heavy atom. The maximum Gasteiger partial charge on any atom is 0.410 e. The Morgan fingerprint density at radius 1 is 1.29 bits per heavy atom. The van der Waals surface area contributed by atoms with Crippen LogP contribution >= 0.6 is 15.9 Å². The second-order valence-corrected chi connectivity index (χ2v) is 7.18. The normalized spacial score (nSPS) is 19.2. The summed E-state index contributed by atoms with van der Waals surface area (Å²) in [5.41, 5.74) is -0.462. The summed E-state index contributed by atoms with van der Waals surface area (Å²) in [5.74, 6) is 0.828. The molecule has 1 fully saturated rings. The molecule has 0 saturated carbocycles. The van der Waals surface area contributed by atoms with Crippen LogP contribution in [0.4, 0.5) is 4.79 Å². The van der Waals surface area contributed by atoms with Crippen molar-refractivity contribution in [2.75, 3.05) is 13.1 Å². The summed E-state index contributed by atoms with van der Waals surface area (Å²) in [4.78, 5) is 13.8. The molecule has 1 aliphatic heterocycles. The zero-order valence-corrected chi connectivity index (χ0v) is 14.4. The van der Waals surface area contributed by atoms with Crippen LogP contribution in [-0.4, -0.2) is 35.8 Å². The molecule has 5 heteroatoms. The van der Waals surface area contributed by atoms with Gasteiger partial charge in [0.2, 0.25) is 0 Å². The second kappa shape index (κ2) is 6.69. The number of carbonyl (C=O) groups is 1. The van der Waals surface area contributed by atoms with Gasteiger partial charge >= 0.3 is 6.09 Å². The first-order valence-corrected chi connectivity index (χ1v) is 8.03. The molecule has 1 saturated heterocycles. The van der Waals surface area contributed by atoms with E-state index in [9.17, 15) is 4.79 Å². The standard InChI is InChI=1S/C16H22BrNO3/c1-16(2,3)21-15(19)18-10-4-5-14(11-18)20-13-8-6-12(17)7-9-13/h6-9,14H,4-5,10-11H2,1-3H3. The minimum atomic E-state index is -0.462. The number of ether oxygens (including phenoxy) is 2. The Labute approximate surface area is 134 Å². The Balaban J connectivity index is 1.91. The van der Waals surface area contributed by atoms with Crippen LogP contribution in [0, 0.1) is 0 Å². The lowest BCUT2D eigenvalue weighted by atomic mass is 10.1. The topological polar surface area (TPSA) is 38.8 Å². The smallest absolute Gasteiger partial charge is 0.410 e. The number of hydrogen-bond donors (Lipinski definition) is 0. The van der Waals surface area contributed by atoms with Crippen LogP contribution in [-0.2, 0) is 4.74 Å². The molecule has 0 aromatic heterocycles. The van der Waals surface area contributed by atoms with Crippen LogP contribution in [0.25, 0.3) is 0 Å². The van der Waals surface area contributed by atoms with Gasteiger partial charge in [-0.15, -0.1) is 0 Å². The Bertz CT molecular complexity index is 481. The van der Waals surface area contributed by atoms with Crippen molar-refractivity contribution in [3.63, 3.8) is 0 Å². The molecule has 4 nitrogen and oxygen atoms in total. The average Bonchev–Trinajstić information content (AvgIpc) is 2.40. The largest absolute Gasteiger partial charge is 0.489 e. The molecule has 0 bridgehead atoms. The number of carbonyl (C=O) groups excluding carboxylic acids is 1. The molecule has 1 atom stereocenters. The molecular formula is C16H22BrNO3. The fourth-order valence-electron chi connectivity index (χ4n) is 2.23. The molecule has 0 radical (unpaired) electrons. The number of halogens is 1. The van der Waals surface area contributed by atoms with E-state index in [-0.39, 0.29) is 12.2 Å². The number of hydrogen-bond acceptors (Lipinski definition) is 3. The Morgan fingerprint density at radius 2 is 1.95 bits per heavy atom. The number of benzene rings is 1. The lowest BCUT2D eigenvalue weighted by Gasteiger charge is -2.34. The van der Waals surface area contributed by atoms with Crippen LogP contribution in [0.2, 0.25) is 0 Å². The molecule has 21 heavy (non-hydrogen) atoms. The van der Waals surface area contributed by atoms with E-state index in [1.54, 1.807) is 4.90 Å². The minimum Gasteiger partial charge on any atom is -0.489 e. The van der Waals surface area contributed by atoms with Gasteiger partial charge in [0.15, 0.2) is 0 Å². The molecule has 1 aromatic carbocycles. The highest BCUT2D eigenvalue weighted by molar-refractivity contribution is 9.10. The first kappa shape index (κ1) is 16.1. The molecule has 1 heterocycles. The molecule has 1 amide bonds. The van der Waals surface area contributed by atoms with Gasteiger partial charge < -0.3 is 14.4 Å². The maximum absolute atomic E-state index is 12.1. The van der Waals surface area contributed by atoms with Crippen LogP contribution in [0.3, 0.4) is 0 Å². The van der Waals surface area contributed by atoms with E-state index in [0.29, 0.717) is 6.54 Å². The summed E-state index contributed by atoms with van der Waals surface area (Å²) in [6.45, 7) is 6.94. The molecule has 0 N–H and O–H groups in total. The predicted molar refractivity (Wildman–Crippen MR) is 85.6 cm³/mol. The first-order valence-electron chi connectivity index (χ1n) is 7.24. The summed E-state index contributed by atoms with van der Waals surface area (Å²) in [6.07, 6.45) is 1.65. The van der Waals surface area contributed by atoms with E-state index < -0.39 is 5.60 Å². The lowest BCUT2D eigenvalue weighted by molar-refractivity contribution is 0.00776. The molecule has 0 aliphatic carbocycles. The van der Waals surface area contributed by atoms with Crippen molar-refractivity contribution in [3.05, 3.63) is 28.7 Å². The minimum absolute atomic E-state index is 0.0208. The number of rotatable bonds is 2. The zero-order valence-electron chi connectivity index (χ0n) is 12.8. The van der Waals surface area contributed by atoms with E-state index in [4.69, 9.17) is 9.47 Å². The van der Waals surface area contributed by atoms with Crippen LogP contribution in [0.1, 0.15) is 33.6 Å². The summed E-state index contributed by atoms with van der Waals surface area (Å²) >= 11 is 3.40. The molecule has 1 aromatic rings. The van der Waals surface area contributed by atoms with E-state index >= 15 is 0 Å². The summed E-state index contributed by atoms with van der Waals surface area (Å²) < 4.78 is 12.4. The van der Waals surface area contributed by atoms with Gasteiger partial charge in [-0.05, 0) is 57.9 Å². The monoisotopic (exact) mass is 355 g/mol. The molecule has 1 aliphatic rings. The van der Waals surface area contributed by atoms with Crippen LogP contribution in [0.5, 0.6) is 5.75 Å². The highest BCUT2D eigenvalue weighted by Crippen LogP contribution is 2.22. The van der Waals surface area contributed by atoms with Crippen molar-refractivity contribution in [3.8, 4) is 5.75 Å². The number of piperidine rings is 1. The van der Waals surface area contributed by atoms with Gasteiger partial charge in [0.05, 0.1) is 6.54 Å². The van der Waals surface area contributed by atoms with Crippen molar-refractivity contribution < 1.29 is 14.3 Å². The summed E-state index contributed by atoms with van der Waals surface area (Å²) in [6, 6.07) is 7.75. The quantitative estimate of drug-likeness (QED) is 0.796. The third-order valence-corrected chi connectivity index (χ3v) is 3.67. The van der Waals surface area contributed by atoms with E-state index in [2.05, 4.69) is 15.9 Å². The third kappa shape index (κ3) is 5.23. The van der Waals surface area contributed by atoms with Gasteiger partial charge in [-0.3, -0.25) is 0 Å². The molecule has 2 rings (SSSR count). The van der Waals surface area contributed by atoms with Crippen molar-refractivity contribution in [2.24, 2.45) is 0 Å². The second-order valence-electron chi connectivity index (χ2n) is 6.26. The fraction of sp³-hybridized carbons (Fsp3) is 0.562.